The highest BCUT2D eigenvalue weighted by Gasteiger charge is 2.13. The molecule has 1 rings (SSSR count). The van der Waals surface area contributed by atoms with E-state index >= 15 is 0 Å². The molecular formula is C8H11N3O5S. The molecule has 0 fully saturated rings. The number of urea groups is 1. The molecule has 0 bridgehead atoms. The Morgan fingerprint density at radius 2 is 2.18 bits per heavy atom. The summed E-state index contributed by atoms with van der Waals surface area (Å²) in [6.45, 7) is -0.269. The van der Waals surface area contributed by atoms with Gasteiger partial charge in [-0.15, -0.1) is 0 Å². The van der Waals surface area contributed by atoms with Gasteiger partial charge in [0.05, 0.1) is 13.1 Å². The SMILES string of the molecule is O=C(NCc1csc(=O)[nH]1)NC[C@H](O)C(=O)O. The first-order valence-electron chi connectivity index (χ1n) is 4.58. The Hall–Kier alpha value is -1.87. The number of aliphatic hydroxyl groups is 1. The molecule has 8 nitrogen and oxygen atoms in total. The second kappa shape index (κ2) is 6.01. The van der Waals surface area contributed by atoms with Crippen molar-refractivity contribution in [1.29, 1.82) is 0 Å². The van der Waals surface area contributed by atoms with Crippen molar-refractivity contribution < 1.29 is 19.8 Å². The smallest absolute Gasteiger partial charge is 0.334 e. The van der Waals surface area contributed by atoms with Crippen molar-refractivity contribution in [2.24, 2.45) is 0 Å². The first-order valence-corrected chi connectivity index (χ1v) is 5.46. The molecule has 1 atom stereocenters. The molecule has 0 aliphatic rings. The topological polar surface area (TPSA) is 132 Å². The van der Waals surface area contributed by atoms with Crippen LogP contribution in [-0.2, 0) is 11.3 Å². The molecule has 0 aliphatic carbocycles. The fraction of sp³-hybridized carbons (Fsp3) is 0.375. The van der Waals surface area contributed by atoms with E-state index in [2.05, 4.69) is 15.6 Å². The van der Waals surface area contributed by atoms with Gasteiger partial charge >= 0.3 is 16.9 Å². The minimum atomic E-state index is -1.64. The van der Waals surface area contributed by atoms with Crippen LogP contribution in [0.2, 0.25) is 0 Å². The summed E-state index contributed by atoms with van der Waals surface area (Å²) < 4.78 is 0. The van der Waals surface area contributed by atoms with Gasteiger partial charge in [0.2, 0.25) is 0 Å². The average molecular weight is 261 g/mol. The molecule has 0 saturated heterocycles. The summed E-state index contributed by atoms with van der Waals surface area (Å²) in [4.78, 5) is 34.4. The van der Waals surface area contributed by atoms with E-state index in [9.17, 15) is 14.4 Å². The van der Waals surface area contributed by atoms with Gasteiger partial charge in [0.15, 0.2) is 6.10 Å². The quantitative estimate of drug-likeness (QED) is 0.448. The van der Waals surface area contributed by atoms with Crippen LogP contribution >= 0.6 is 11.3 Å². The zero-order valence-corrected chi connectivity index (χ0v) is 9.41. The first kappa shape index (κ1) is 13.2. The minimum Gasteiger partial charge on any atom is -0.479 e. The van der Waals surface area contributed by atoms with E-state index < -0.39 is 18.1 Å². The number of rotatable bonds is 5. The highest BCUT2D eigenvalue weighted by molar-refractivity contribution is 7.07. The van der Waals surface area contributed by atoms with Crippen molar-refractivity contribution in [3.8, 4) is 0 Å². The molecule has 0 aromatic carbocycles. The molecule has 17 heavy (non-hydrogen) atoms. The number of carbonyl (C=O) groups excluding carboxylic acids is 1. The van der Waals surface area contributed by atoms with Gasteiger partial charge in [-0.25, -0.2) is 9.59 Å². The van der Waals surface area contributed by atoms with Crippen molar-refractivity contribution in [2.45, 2.75) is 12.6 Å². The number of carboxylic acid groups (broad SMARTS) is 1. The van der Waals surface area contributed by atoms with E-state index in [1.165, 1.54) is 0 Å². The number of aromatic amines is 1. The predicted octanol–water partition coefficient (Wildman–Crippen LogP) is -1.32. The second-order valence-corrected chi connectivity index (χ2v) is 3.93. The molecule has 1 aromatic rings. The van der Waals surface area contributed by atoms with Gasteiger partial charge in [-0.2, -0.15) is 0 Å². The van der Waals surface area contributed by atoms with Crippen molar-refractivity contribution in [1.82, 2.24) is 15.6 Å². The largest absolute Gasteiger partial charge is 0.479 e. The summed E-state index contributed by atoms with van der Waals surface area (Å²) in [7, 11) is 0. The number of H-pyrrole nitrogens is 1. The van der Waals surface area contributed by atoms with Gasteiger partial charge in [0, 0.05) is 11.1 Å². The number of hydrogen-bond donors (Lipinski definition) is 5. The van der Waals surface area contributed by atoms with E-state index in [-0.39, 0.29) is 18.0 Å². The van der Waals surface area contributed by atoms with Crippen molar-refractivity contribution in [3.63, 3.8) is 0 Å². The van der Waals surface area contributed by atoms with Crippen molar-refractivity contribution >= 4 is 23.3 Å². The van der Waals surface area contributed by atoms with Crippen LogP contribution in [0.15, 0.2) is 10.2 Å². The molecule has 0 radical (unpaired) electrons. The van der Waals surface area contributed by atoms with Crippen LogP contribution < -0.4 is 15.5 Å². The predicted molar refractivity (Wildman–Crippen MR) is 58.8 cm³/mol. The van der Waals surface area contributed by atoms with Gasteiger partial charge in [-0.05, 0) is 0 Å². The summed E-state index contributed by atoms with van der Waals surface area (Å²) >= 11 is 0.978. The van der Waals surface area contributed by atoms with Crippen LogP contribution in [0.5, 0.6) is 0 Å². The molecule has 1 aromatic heterocycles. The Bertz CT molecular complexity index is 454. The van der Waals surface area contributed by atoms with E-state index in [0.717, 1.165) is 11.3 Å². The number of hydrogen-bond acceptors (Lipinski definition) is 5. The van der Waals surface area contributed by atoms with Gasteiger partial charge in [-0.3, -0.25) is 4.79 Å². The van der Waals surface area contributed by atoms with Crippen LogP contribution in [-0.4, -0.2) is 39.8 Å². The summed E-state index contributed by atoms with van der Waals surface area (Å²) in [6.07, 6.45) is -1.64. The Labute approximate surface area is 99.3 Å². The lowest BCUT2D eigenvalue weighted by Crippen LogP contribution is -2.41. The molecule has 9 heteroatoms. The number of amides is 2. The summed E-state index contributed by atoms with van der Waals surface area (Å²) in [5.74, 6) is -1.41. The third-order valence-electron chi connectivity index (χ3n) is 1.75. The van der Waals surface area contributed by atoms with Gasteiger partial charge < -0.3 is 25.8 Å². The van der Waals surface area contributed by atoms with Gasteiger partial charge in [0.25, 0.3) is 0 Å². The molecule has 0 spiro atoms. The molecule has 94 valence electrons. The lowest BCUT2D eigenvalue weighted by atomic mass is 10.4. The van der Waals surface area contributed by atoms with Gasteiger partial charge in [-0.1, -0.05) is 11.3 Å². The van der Waals surface area contributed by atoms with Gasteiger partial charge in [0.1, 0.15) is 0 Å². The van der Waals surface area contributed by atoms with E-state index in [4.69, 9.17) is 10.2 Å². The summed E-state index contributed by atoms with van der Waals surface area (Å²) in [5.41, 5.74) is 0.550. The molecule has 0 unspecified atom stereocenters. The molecule has 1 heterocycles. The van der Waals surface area contributed by atoms with E-state index in [0.29, 0.717) is 5.69 Å². The third-order valence-corrected chi connectivity index (χ3v) is 2.47. The second-order valence-electron chi connectivity index (χ2n) is 3.09. The number of nitrogens with one attached hydrogen (secondary N) is 3. The van der Waals surface area contributed by atoms with E-state index in [1.807, 2.05) is 0 Å². The minimum absolute atomic E-state index is 0.119. The van der Waals surface area contributed by atoms with Crippen LogP contribution in [0.3, 0.4) is 0 Å². The number of thiazole rings is 1. The normalized spacial score (nSPS) is 11.8. The van der Waals surface area contributed by atoms with Crippen molar-refractivity contribution in [3.05, 3.63) is 20.7 Å². The standard InChI is InChI=1S/C8H11N3O5S/c12-5(6(13)14)2-10-7(15)9-1-4-3-17-8(16)11-4/h3,5,12H,1-2H2,(H,11,16)(H,13,14)(H2,9,10,15)/t5-/m0/s1. The van der Waals surface area contributed by atoms with Crippen LogP contribution in [0.25, 0.3) is 0 Å². The first-order chi connectivity index (χ1) is 7.99. The average Bonchev–Trinajstić information content (AvgIpc) is 2.69. The molecule has 5 N–H and O–H groups in total. The maximum Gasteiger partial charge on any atom is 0.334 e. The number of aliphatic carboxylic acids is 1. The van der Waals surface area contributed by atoms with Crippen LogP contribution in [0, 0.1) is 0 Å². The summed E-state index contributed by atoms with van der Waals surface area (Å²) in [6, 6.07) is -0.627. The summed E-state index contributed by atoms with van der Waals surface area (Å²) in [5, 5.41) is 23.3. The number of aliphatic hydroxyl groups excluding tert-OH is 1. The zero-order chi connectivity index (χ0) is 12.8. The molecule has 2 amide bonds. The molecular weight excluding hydrogens is 250 g/mol. The highest BCUT2D eigenvalue weighted by Crippen LogP contribution is 1.93. The maximum absolute atomic E-state index is 11.1. The number of aromatic nitrogens is 1. The Morgan fingerprint density at radius 3 is 2.71 bits per heavy atom. The third kappa shape index (κ3) is 4.66. The van der Waals surface area contributed by atoms with Crippen molar-refractivity contribution in [2.75, 3.05) is 6.54 Å². The van der Waals surface area contributed by atoms with E-state index in [1.54, 1.807) is 5.38 Å². The molecule has 0 saturated carbocycles. The maximum atomic E-state index is 11.1. The Morgan fingerprint density at radius 1 is 1.47 bits per heavy atom. The number of carboxylic acids is 1. The fourth-order valence-corrected chi connectivity index (χ4v) is 1.50. The Balaban J connectivity index is 2.26. The van der Waals surface area contributed by atoms with Crippen LogP contribution in [0.1, 0.15) is 5.69 Å². The monoisotopic (exact) mass is 261 g/mol. The molecule has 0 aliphatic heterocycles. The number of carbonyl (C=O) groups is 2. The Kier molecular flexibility index (Phi) is 4.67. The highest BCUT2D eigenvalue weighted by atomic mass is 32.1. The lowest BCUT2D eigenvalue weighted by molar-refractivity contribution is -0.146. The zero-order valence-electron chi connectivity index (χ0n) is 8.60. The lowest BCUT2D eigenvalue weighted by Gasteiger charge is -2.08. The van der Waals surface area contributed by atoms with Crippen LogP contribution in [0.4, 0.5) is 4.79 Å². The fourth-order valence-electron chi connectivity index (χ4n) is 0.915.